The zero-order valence-corrected chi connectivity index (χ0v) is 16.5. The third kappa shape index (κ3) is 3.27. The Hall–Kier alpha value is -2.43. The fraction of sp³-hybridized carbons (Fsp3) is 0.304. The van der Waals surface area contributed by atoms with Gasteiger partial charge in [-0.1, -0.05) is 29.8 Å². The molecule has 4 heterocycles. The van der Waals surface area contributed by atoms with Crippen molar-refractivity contribution in [3.63, 3.8) is 0 Å². The van der Waals surface area contributed by atoms with Gasteiger partial charge in [-0.25, -0.2) is 0 Å². The second-order valence-electron chi connectivity index (χ2n) is 7.96. The van der Waals surface area contributed by atoms with Gasteiger partial charge in [0.1, 0.15) is 0 Å². The lowest BCUT2D eigenvalue weighted by Gasteiger charge is -2.26. The highest BCUT2D eigenvalue weighted by Crippen LogP contribution is 2.45. The van der Waals surface area contributed by atoms with Gasteiger partial charge in [0.05, 0.1) is 11.4 Å². The van der Waals surface area contributed by atoms with E-state index in [0.717, 1.165) is 44.2 Å². The van der Waals surface area contributed by atoms with Crippen LogP contribution in [0.1, 0.15) is 23.2 Å². The van der Waals surface area contributed by atoms with Gasteiger partial charge < -0.3 is 4.90 Å². The topological polar surface area (TPSA) is 32.3 Å². The Morgan fingerprint density at radius 2 is 1.86 bits per heavy atom. The van der Waals surface area contributed by atoms with Gasteiger partial charge in [0.15, 0.2) is 0 Å². The zero-order valence-electron chi connectivity index (χ0n) is 15.8. The van der Waals surface area contributed by atoms with Gasteiger partial charge in [0, 0.05) is 55.2 Å². The molecule has 0 saturated carbocycles. The molecule has 1 fully saturated rings. The molecule has 0 bridgehead atoms. The lowest BCUT2D eigenvalue weighted by atomic mass is 9.85. The summed E-state index contributed by atoms with van der Waals surface area (Å²) in [5, 5.41) is 0.807. The molecule has 1 aromatic carbocycles. The molecular weight excluding hydrogens is 368 g/mol. The Labute approximate surface area is 170 Å². The van der Waals surface area contributed by atoms with E-state index in [1.54, 1.807) is 0 Å². The van der Waals surface area contributed by atoms with E-state index in [1.807, 2.05) is 42.9 Å². The maximum absolute atomic E-state index is 6.17. The third-order valence-electron chi connectivity index (χ3n) is 5.95. The molecule has 4 nitrogen and oxygen atoms in total. The van der Waals surface area contributed by atoms with Crippen molar-refractivity contribution in [3.8, 4) is 0 Å². The van der Waals surface area contributed by atoms with Gasteiger partial charge in [-0.3, -0.25) is 14.9 Å². The van der Waals surface area contributed by atoms with Gasteiger partial charge in [-0.15, -0.1) is 0 Å². The maximum Gasteiger partial charge on any atom is 0.0729 e. The van der Waals surface area contributed by atoms with E-state index in [2.05, 4.69) is 39.0 Å². The quantitative estimate of drug-likeness (QED) is 0.665. The van der Waals surface area contributed by atoms with Gasteiger partial charge in [0.2, 0.25) is 0 Å². The summed E-state index contributed by atoms with van der Waals surface area (Å²) >= 11 is 6.17. The minimum Gasteiger partial charge on any atom is -0.365 e. The normalized spacial score (nSPS) is 21.4. The first-order valence-corrected chi connectivity index (χ1v) is 10.2. The number of hydrogen-bond donors (Lipinski definition) is 0. The van der Waals surface area contributed by atoms with Gasteiger partial charge >= 0.3 is 0 Å². The largest absolute Gasteiger partial charge is 0.365 e. The van der Waals surface area contributed by atoms with Crippen LogP contribution in [-0.2, 0) is 18.5 Å². The van der Waals surface area contributed by atoms with E-state index in [9.17, 15) is 0 Å². The van der Waals surface area contributed by atoms with Crippen LogP contribution in [0.3, 0.4) is 0 Å². The number of aromatic nitrogens is 2. The second-order valence-corrected chi connectivity index (χ2v) is 8.40. The number of pyridine rings is 2. The van der Waals surface area contributed by atoms with E-state index in [-0.39, 0.29) is 5.41 Å². The van der Waals surface area contributed by atoms with Crippen molar-refractivity contribution in [3.05, 3.63) is 89.0 Å². The minimum absolute atomic E-state index is 0.109. The Kier molecular flexibility index (Phi) is 4.53. The molecule has 5 heteroatoms. The molecule has 3 aromatic rings. The van der Waals surface area contributed by atoms with Crippen molar-refractivity contribution in [2.45, 2.75) is 24.9 Å². The number of likely N-dealkylation sites (tertiary alicyclic amines) is 1. The number of halogens is 1. The number of rotatable bonds is 4. The van der Waals surface area contributed by atoms with Gasteiger partial charge in [0.25, 0.3) is 0 Å². The molecule has 2 aromatic heterocycles. The summed E-state index contributed by atoms with van der Waals surface area (Å²) in [6.45, 7) is 4.95. The molecule has 2 aliphatic heterocycles. The summed E-state index contributed by atoms with van der Waals surface area (Å²) in [6, 6.07) is 16.6. The second kappa shape index (κ2) is 7.19. The van der Waals surface area contributed by atoms with Crippen molar-refractivity contribution in [1.82, 2.24) is 14.9 Å². The molecule has 0 radical (unpaired) electrons. The summed E-state index contributed by atoms with van der Waals surface area (Å²) in [5.41, 5.74) is 5.15. The number of anilines is 1. The van der Waals surface area contributed by atoms with Crippen molar-refractivity contribution >= 4 is 17.3 Å². The van der Waals surface area contributed by atoms with Crippen molar-refractivity contribution in [2.75, 3.05) is 24.5 Å². The Bertz CT molecular complexity index is 977. The molecular formula is C23H23ClN4. The number of fused-ring (bicyclic) bond motifs is 2. The SMILES string of the molecule is Clc1cccc(CN2CCC3(C2)CN(Cc2cccnc2)c2cccnc23)c1. The lowest BCUT2D eigenvalue weighted by molar-refractivity contribution is 0.305. The van der Waals surface area contributed by atoms with Gasteiger partial charge in [-0.2, -0.15) is 0 Å². The fourth-order valence-corrected chi connectivity index (χ4v) is 4.96. The Morgan fingerprint density at radius 3 is 2.71 bits per heavy atom. The van der Waals surface area contributed by atoms with Crippen molar-refractivity contribution in [2.24, 2.45) is 0 Å². The van der Waals surface area contributed by atoms with Crippen LogP contribution < -0.4 is 4.90 Å². The van der Waals surface area contributed by atoms with E-state index >= 15 is 0 Å². The highest BCUT2D eigenvalue weighted by molar-refractivity contribution is 6.30. The van der Waals surface area contributed by atoms with Crippen LogP contribution in [0.5, 0.6) is 0 Å². The summed E-state index contributed by atoms with van der Waals surface area (Å²) < 4.78 is 0. The average molecular weight is 391 g/mol. The third-order valence-corrected chi connectivity index (χ3v) is 6.18. The summed E-state index contributed by atoms with van der Waals surface area (Å²) in [4.78, 5) is 14.1. The predicted octanol–water partition coefficient (Wildman–Crippen LogP) is 4.29. The first-order valence-electron chi connectivity index (χ1n) is 9.78. The Morgan fingerprint density at radius 1 is 0.964 bits per heavy atom. The van der Waals surface area contributed by atoms with E-state index in [4.69, 9.17) is 16.6 Å². The molecule has 1 spiro atoms. The molecule has 2 aliphatic rings. The zero-order chi connectivity index (χ0) is 19.0. The molecule has 1 saturated heterocycles. The molecule has 0 amide bonds. The lowest BCUT2D eigenvalue weighted by Crippen LogP contribution is -2.36. The highest BCUT2D eigenvalue weighted by Gasteiger charge is 2.48. The van der Waals surface area contributed by atoms with Crippen LogP contribution in [0.2, 0.25) is 5.02 Å². The molecule has 1 unspecified atom stereocenters. The van der Waals surface area contributed by atoms with Crippen LogP contribution in [-0.4, -0.2) is 34.5 Å². The van der Waals surface area contributed by atoms with Crippen LogP contribution in [0.4, 0.5) is 5.69 Å². The number of hydrogen-bond acceptors (Lipinski definition) is 4. The summed E-state index contributed by atoms with van der Waals surface area (Å²) in [6.07, 6.45) is 6.87. The van der Waals surface area contributed by atoms with Crippen molar-refractivity contribution in [1.29, 1.82) is 0 Å². The number of benzene rings is 1. The van der Waals surface area contributed by atoms with Gasteiger partial charge in [-0.05, 0) is 54.4 Å². The van der Waals surface area contributed by atoms with Crippen molar-refractivity contribution < 1.29 is 0 Å². The monoisotopic (exact) mass is 390 g/mol. The first kappa shape index (κ1) is 17.7. The molecule has 0 aliphatic carbocycles. The predicted molar refractivity (Wildman–Crippen MR) is 113 cm³/mol. The standard InChI is InChI=1S/C23H23ClN4/c24-20-6-1-4-18(12-20)14-27-11-8-23(16-27)17-28(15-19-5-2-9-25-13-19)21-7-3-10-26-22(21)23/h1-7,9-10,12-13H,8,11,14-17H2. The molecule has 142 valence electrons. The molecule has 0 N–H and O–H groups in total. The van der Waals surface area contributed by atoms with Crippen LogP contribution >= 0.6 is 11.6 Å². The smallest absolute Gasteiger partial charge is 0.0729 e. The summed E-state index contributed by atoms with van der Waals surface area (Å²) in [5.74, 6) is 0. The first-order chi connectivity index (χ1) is 13.7. The maximum atomic E-state index is 6.17. The highest BCUT2D eigenvalue weighted by atomic mass is 35.5. The number of nitrogens with zero attached hydrogens (tertiary/aromatic N) is 4. The fourth-order valence-electron chi connectivity index (χ4n) is 4.75. The van der Waals surface area contributed by atoms with E-state index < -0.39 is 0 Å². The average Bonchev–Trinajstić information content (AvgIpc) is 3.25. The van der Waals surface area contributed by atoms with Crippen LogP contribution in [0.25, 0.3) is 0 Å². The summed E-state index contributed by atoms with van der Waals surface area (Å²) in [7, 11) is 0. The molecule has 1 atom stereocenters. The Balaban J connectivity index is 1.38. The minimum atomic E-state index is 0.109. The van der Waals surface area contributed by atoms with Crippen LogP contribution in [0.15, 0.2) is 67.1 Å². The van der Waals surface area contributed by atoms with E-state index in [1.165, 1.54) is 22.5 Å². The molecule has 5 rings (SSSR count). The van der Waals surface area contributed by atoms with Crippen LogP contribution in [0, 0.1) is 0 Å². The van der Waals surface area contributed by atoms with E-state index in [0.29, 0.717) is 0 Å². The molecule has 28 heavy (non-hydrogen) atoms.